The number of thiazole rings is 1. The van der Waals surface area contributed by atoms with Crippen molar-refractivity contribution in [1.82, 2.24) is 25.2 Å². The van der Waals surface area contributed by atoms with Crippen LogP contribution in [0.15, 0.2) is 78.4 Å². The van der Waals surface area contributed by atoms with Crippen molar-refractivity contribution >= 4 is 41.3 Å². The van der Waals surface area contributed by atoms with E-state index in [1.54, 1.807) is 24.6 Å². The molecule has 0 saturated carbocycles. The number of hydrogen-bond donors (Lipinski definition) is 2. The Balaban J connectivity index is 0.00000306. The Morgan fingerprint density at radius 2 is 1.85 bits per heavy atom. The highest BCUT2D eigenvalue weighted by molar-refractivity contribution is 14.0. The molecule has 33 heavy (non-hydrogen) atoms. The summed E-state index contributed by atoms with van der Waals surface area (Å²) in [6.45, 7) is 4.33. The third-order valence-electron chi connectivity index (χ3n) is 5.23. The molecule has 0 spiro atoms. The predicted molar refractivity (Wildman–Crippen MR) is 147 cm³/mol. The first-order chi connectivity index (χ1) is 15.7. The quantitative estimate of drug-likeness (QED) is 0.175. The molecule has 0 radical (unpaired) electrons. The van der Waals surface area contributed by atoms with E-state index >= 15 is 0 Å². The standard InChI is InChI=1S/C25H28N6S.HI/c1-3-22-15-28-24(32-22)16-30-25(26-2)29-14-21-6-4-5-7-23(21)20-10-8-19(9-11-20)17-31-13-12-27-18-31;/h4-13,15,18H,3,14,16-17H2,1-2H3,(H2,26,29,30);1H. The number of halogens is 1. The SMILES string of the molecule is CCc1cnc(CNC(=NC)NCc2ccccc2-c2ccc(Cn3ccnc3)cc2)s1.I. The number of nitrogens with zero attached hydrogens (tertiary/aromatic N) is 4. The highest BCUT2D eigenvalue weighted by Gasteiger charge is 2.07. The van der Waals surface area contributed by atoms with Gasteiger partial charge in [-0.1, -0.05) is 55.5 Å². The van der Waals surface area contributed by atoms with Gasteiger partial charge in [-0.05, 0) is 28.7 Å². The van der Waals surface area contributed by atoms with E-state index in [2.05, 4.69) is 85.6 Å². The summed E-state index contributed by atoms with van der Waals surface area (Å²) in [5.41, 5.74) is 4.90. The Morgan fingerprint density at radius 1 is 1.06 bits per heavy atom. The van der Waals surface area contributed by atoms with Gasteiger partial charge in [0.25, 0.3) is 0 Å². The normalized spacial score (nSPS) is 11.2. The Bertz CT molecular complexity index is 1150. The number of hydrogen-bond acceptors (Lipinski definition) is 4. The molecule has 4 rings (SSSR count). The average molecular weight is 573 g/mol. The first-order valence-corrected chi connectivity index (χ1v) is 11.6. The summed E-state index contributed by atoms with van der Waals surface area (Å²) in [5.74, 6) is 0.767. The zero-order chi connectivity index (χ0) is 22.2. The van der Waals surface area contributed by atoms with E-state index in [4.69, 9.17) is 0 Å². The summed E-state index contributed by atoms with van der Waals surface area (Å²) in [6, 6.07) is 17.2. The van der Waals surface area contributed by atoms with Gasteiger partial charge in [-0.25, -0.2) is 9.97 Å². The van der Waals surface area contributed by atoms with Crippen molar-refractivity contribution in [3.05, 3.63) is 94.5 Å². The lowest BCUT2D eigenvalue weighted by Crippen LogP contribution is -2.36. The number of rotatable bonds is 8. The number of nitrogens with one attached hydrogen (secondary N) is 2. The van der Waals surface area contributed by atoms with Crippen molar-refractivity contribution in [2.75, 3.05) is 7.05 Å². The Hall–Kier alpha value is -2.72. The minimum absolute atomic E-state index is 0. The number of aryl methyl sites for hydroxylation is 1. The summed E-state index contributed by atoms with van der Waals surface area (Å²) in [5, 5.41) is 7.86. The molecule has 2 aromatic heterocycles. The van der Waals surface area contributed by atoms with Crippen LogP contribution in [-0.2, 0) is 26.1 Å². The second kappa shape index (κ2) is 12.5. The maximum atomic E-state index is 4.46. The number of aromatic nitrogens is 3. The van der Waals surface area contributed by atoms with E-state index in [-0.39, 0.29) is 24.0 Å². The average Bonchev–Trinajstić information content (AvgIpc) is 3.52. The smallest absolute Gasteiger partial charge is 0.191 e. The Kier molecular flexibility index (Phi) is 9.44. The predicted octanol–water partition coefficient (Wildman–Crippen LogP) is 5.10. The van der Waals surface area contributed by atoms with E-state index in [9.17, 15) is 0 Å². The fraction of sp³-hybridized carbons (Fsp3) is 0.240. The van der Waals surface area contributed by atoms with Gasteiger partial charge in [0.1, 0.15) is 5.01 Å². The lowest BCUT2D eigenvalue weighted by Gasteiger charge is -2.14. The molecular formula is C25H29IN6S. The minimum Gasteiger partial charge on any atom is -0.352 e. The van der Waals surface area contributed by atoms with Gasteiger partial charge in [-0.2, -0.15) is 0 Å². The van der Waals surface area contributed by atoms with Crippen molar-refractivity contribution in [2.45, 2.75) is 33.0 Å². The summed E-state index contributed by atoms with van der Waals surface area (Å²) in [4.78, 5) is 14.2. The molecule has 2 heterocycles. The number of benzene rings is 2. The third kappa shape index (κ3) is 6.88. The van der Waals surface area contributed by atoms with E-state index in [1.807, 2.05) is 18.7 Å². The summed E-state index contributed by atoms with van der Waals surface area (Å²) in [6.07, 6.45) is 8.60. The van der Waals surface area contributed by atoms with Crippen LogP contribution in [0.3, 0.4) is 0 Å². The molecule has 0 unspecified atom stereocenters. The van der Waals surface area contributed by atoms with Crippen LogP contribution in [0, 0.1) is 0 Å². The summed E-state index contributed by atoms with van der Waals surface area (Å²) in [7, 11) is 1.79. The first-order valence-electron chi connectivity index (χ1n) is 10.8. The van der Waals surface area contributed by atoms with E-state index in [0.29, 0.717) is 13.1 Å². The molecule has 0 aliphatic carbocycles. The van der Waals surface area contributed by atoms with Crippen LogP contribution < -0.4 is 10.6 Å². The van der Waals surface area contributed by atoms with Gasteiger partial charge in [0.15, 0.2) is 5.96 Å². The molecule has 0 aliphatic heterocycles. The first kappa shape index (κ1) is 24.9. The molecule has 0 bridgehead atoms. The van der Waals surface area contributed by atoms with Crippen LogP contribution in [-0.4, -0.2) is 27.5 Å². The van der Waals surface area contributed by atoms with Gasteiger partial charge in [-0.3, -0.25) is 4.99 Å². The molecule has 0 amide bonds. The van der Waals surface area contributed by atoms with Gasteiger partial charge in [0, 0.05) is 43.6 Å². The molecule has 2 aromatic carbocycles. The van der Waals surface area contributed by atoms with Crippen LogP contribution in [0.25, 0.3) is 11.1 Å². The molecule has 0 aliphatic rings. The van der Waals surface area contributed by atoms with Crippen LogP contribution in [0.1, 0.15) is 27.9 Å². The highest BCUT2D eigenvalue weighted by atomic mass is 127. The second-order valence-corrected chi connectivity index (χ2v) is 8.64. The zero-order valence-electron chi connectivity index (χ0n) is 18.9. The highest BCUT2D eigenvalue weighted by Crippen LogP contribution is 2.24. The summed E-state index contributed by atoms with van der Waals surface area (Å²) >= 11 is 1.74. The fourth-order valence-electron chi connectivity index (χ4n) is 3.49. The van der Waals surface area contributed by atoms with Crippen LogP contribution in [0.2, 0.25) is 0 Å². The van der Waals surface area contributed by atoms with E-state index in [1.165, 1.54) is 27.1 Å². The van der Waals surface area contributed by atoms with E-state index in [0.717, 1.165) is 23.9 Å². The monoisotopic (exact) mass is 572 g/mol. The lowest BCUT2D eigenvalue weighted by molar-refractivity contribution is 0.797. The van der Waals surface area contributed by atoms with E-state index < -0.39 is 0 Å². The Morgan fingerprint density at radius 3 is 2.55 bits per heavy atom. The number of imidazole rings is 1. The summed E-state index contributed by atoms with van der Waals surface area (Å²) < 4.78 is 2.07. The molecular weight excluding hydrogens is 543 g/mol. The second-order valence-electron chi connectivity index (χ2n) is 7.44. The van der Waals surface area contributed by atoms with Crippen molar-refractivity contribution in [2.24, 2.45) is 4.99 Å². The van der Waals surface area contributed by atoms with Crippen molar-refractivity contribution < 1.29 is 0 Å². The molecule has 4 aromatic rings. The Labute approximate surface area is 216 Å². The molecule has 0 fully saturated rings. The molecule has 8 heteroatoms. The van der Waals surface area contributed by atoms with Crippen LogP contribution in [0.5, 0.6) is 0 Å². The fourth-order valence-corrected chi connectivity index (χ4v) is 4.29. The van der Waals surface area contributed by atoms with Crippen molar-refractivity contribution in [3.63, 3.8) is 0 Å². The van der Waals surface area contributed by atoms with Crippen LogP contribution in [0.4, 0.5) is 0 Å². The van der Waals surface area contributed by atoms with Gasteiger partial charge in [0.2, 0.25) is 0 Å². The van der Waals surface area contributed by atoms with Gasteiger partial charge in [-0.15, -0.1) is 35.3 Å². The van der Waals surface area contributed by atoms with Crippen LogP contribution >= 0.6 is 35.3 Å². The molecule has 0 atom stereocenters. The van der Waals surface area contributed by atoms with Gasteiger partial charge in [0.05, 0.1) is 12.9 Å². The van der Waals surface area contributed by atoms with Gasteiger partial charge < -0.3 is 15.2 Å². The number of aliphatic imine (C=N–C) groups is 1. The zero-order valence-corrected chi connectivity index (χ0v) is 22.0. The molecule has 6 nitrogen and oxygen atoms in total. The lowest BCUT2D eigenvalue weighted by atomic mass is 9.98. The third-order valence-corrected chi connectivity index (χ3v) is 6.38. The number of guanidine groups is 1. The largest absolute Gasteiger partial charge is 0.352 e. The molecule has 172 valence electrons. The van der Waals surface area contributed by atoms with Crippen molar-refractivity contribution in [1.29, 1.82) is 0 Å². The minimum atomic E-state index is 0. The topological polar surface area (TPSA) is 67.1 Å². The molecule has 2 N–H and O–H groups in total. The molecule has 0 saturated heterocycles. The van der Waals surface area contributed by atoms with Crippen molar-refractivity contribution in [3.8, 4) is 11.1 Å². The van der Waals surface area contributed by atoms with Gasteiger partial charge >= 0.3 is 0 Å². The maximum Gasteiger partial charge on any atom is 0.191 e. The maximum absolute atomic E-state index is 4.46.